The van der Waals surface area contributed by atoms with Gasteiger partial charge in [0.05, 0.1) is 11.1 Å². The molecule has 2 aromatic carbocycles. The van der Waals surface area contributed by atoms with E-state index in [2.05, 4.69) is 10.3 Å². The monoisotopic (exact) mass is 377 g/mol. The highest BCUT2D eigenvalue weighted by molar-refractivity contribution is 6.07. The molecule has 0 unspecified atom stereocenters. The summed E-state index contributed by atoms with van der Waals surface area (Å²) in [6.45, 7) is 2.63. The molecule has 0 fully saturated rings. The third-order valence-corrected chi connectivity index (χ3v) is 4.24. The van der Waals surface area contributed by atoms with Crippen LogP contribution in [0.4, 0.5) is 10.1 Å². The number of carbonyl (C=O) groups excluding carboxylic acids is 2. The van der Waals surface area contributed by atoms with Crippen molar-refractivity contribution >= 4 is 17.5 Å². The van der Waals surface area contributed by atoms with Crippen molar-refractivity contribution in [3.63, 3.8) is 0 Å². The average Bonchev–Trinajstić information content (AvgIpc) is 2.74. The number of para-hydroxylation sites is 1. The number of hydrogen-bond acceptors (Lipinski definition) is 3. The number of hydrogen-bond donors (Lipinski definition) is 1. The summed E-state index contributed by atoms with van der Waals surface area (Å²) < 4.78 is 13.0. The van der Waals surface area contributed by atoms with Crippen molar-refractivity contribution in [1.29, 1.82) is 0 Å². The van der Waals surface area contributed by atoms with Crippen molar-refractivity contribution in [2.45, 2.75) is 13.5 Å². The Morgan fingerprint density at radius 1 is 1.00 bits per heavy atom. The van der Waals surface area contributed by atoms with Gasteiger partial charge in [-0.2, -0.15) is 0 Å². The highest BCUT2D eigenvalue weighted by Crippen LogP contribution is 2.17. The second kappa shape index (κ2) is 8.90. The van der Waals surface area contributed by atoms with Crippen LogP contribution in [0.1, 0.15) is 33.2 Å². The number of carbonyl (C=O) groups is 2. The molecule has 0 radical (unpaired) electrons. The van der Waals surface area contributed by atoms with Gasteiger partial charge in [-0.25, -0.2) is 4.39 Å². The number of nitrogens with one attached hydrogen (secondary N) is 1. The van der Waals surface area contributed by atoms with E-state index in [0.29, 0.717) is 12.1 Å². The zero-order valence-corrected chi connectivity index (χ0v) is 15.4. The number of aromatic nitrogens is 1. The van der Waals surface area contributed by atoms with E-state index >= 15 is 0 Å². The Kier molecular flexibility index (Phi) is 6.11. The molecule has 0 spiro atoms. The molecular weight excluding hydrogens is 357 g/mol. The molecule has 0 saturated carbocycles. The van der Waals surface area contributed by atoms with Crippen LogP contribution in [0.25, 0.3) is 0 Å². The summed E-state index contributed by atoms with van der Waals surface area (Å²) in [6, 6.07) is 16.7. The van der Waals surface area contributed by atoms with E-state index in [1.165, 1.54) is 30.6 Å². The molecule has 3 rings (SSSR count). The van der Waals surface area contributed by atoms with Gasteiger partial charge in [-0.1, -0.05) is 30.3 Å². The van der Waals surface area contributed by atoms with Gasteiger partial charge >= 0.3 is 0 Å². The van der Waals surface area contributed by atoms with Gasteiger partial charge in [0.1, 0.15) is 5.82 Å². The van der Waals surface area contributed by atoms with E-state index in [1.54, 1.807) is 17.0 Å². The topological polar surface area (TPSA) is 62.3 Å². The van der Waals surface area contributed by atoms with Gasteiger partial charge in [-0.15, -0.1) is 0 Å². The highest BCUT2D eigenvalue weighted by Gasteiger charge is 2.18. The first kappa shape index (κ1) is 19.2. The second-order valence-corrected chi connectivity index (χ2v) is 6.16. The summed E-state index contributed by atoms with van der Waals surface area (Å²) in [6.07, 6.45) is 2.86. The molecule has 0 aliphatic rings. The van der Waals surface area contributed by atoms with Crippen molar-refractivity contribution in [2.24, 2.45) is 0 Å². The molecular formula is C22H20FN3O2. The summed E-state index contributed by atoms with van der Waals surface area (Å²) in [5.41, 5.74) is 2.18. The van der Waals surface area contributed by atoms with Crippen molar-refractivity contribution in [2.75, 3.05) is 11.4 Å². The van der Waals surface area contributed by atoms with E-state index in [1.807, 2.05) is 37.3 Å². The predicted octanol–water partition coefficient (Wildman–Crippen LogP) is 3.82. The van der Waals surface area contributed by atoms with Crippen LogP contribution >= 0.6 is 0 Å². The van der Waals surface area contributed by atoms with Crippen LogP contribution < -0.4 is 10.2 Å². The van der Waals surface area contributed by atoms with Crippen LogP contribution in [-0.4, -0.2) is 23.3 Å². The smallest absolute Gasteiger partial charge is 0.259 e. The number of amides is 2. The molecule has 3 aromatic rings. The Morgan fingerprint density at radius 2 is 1.68 bits per heavy atom. The molecule has 0 aliphatic heterocycles. The number of benzene rings is 2. The standard InChI is InChI=1S/C22H20FN3O2/c1-2-26(20-6-4-3-5-7-20)22(28)18-12-17(14-24-15-18)21(27)25-13-16-8-10-19(23)11-9-16/h3-12,14-15H,2,13H2,1H3,(H,25,27). The Balaban J connectivity index is 1.72. The molecule has 0 saturated heterocycles. The van der Waals surface area contributed by atoms with E-state index < -0.39 is 0 Å². The van der Waals surface area contributed by atoms with Crippen LogP contribution in [0.5, 0.6) is 0 Å². The van der Waals surface area contributed by atoms with Crippen LogP contribution in [-0.2, 0) is 6.54 Å². The lowest BCUT2D eigenvalue weighted by Gasteiger charge is -2.21. The Labute approximate surface area is 162 Å². The van der Waals surface area contributed by atoms with Gasteiger partial charge in [-0.05, 0) is 42.8 Å². The fourth-order valence-corrected chi connectivity index (χ4v) is 2.77. The van der Waals surface area contributed by atoms with Crippen LogP contribution in [0, 0.1) is 5.82 Å². The molecule has 6 heteroatoms. The number of rotatable bonds is 6. The average molecular weight is 377 g/mol. The second-order valence-electron chi connectivity index (χ2n) is 6.16. The lowest BCUT2D eigenvalue weighted by Crippen LogP contribution is -2.31. The fraction of sp³-hybridized carbons (Fsp3) is 0.136. The van der Waals surface area contributed by atoms with Gasteiger partial charge < -0.3 is 10.2 Å². The minimum Gasteiger partial charge on any atom is -0.348 e. The molecule has 142 valence electrons. The summed E-state index contributed by atoms with van der Waals surface area (Å²) >= 11 is 0. The fourth-order valence-electron chi connectivity index (χ4n) is 2.77. The first-order chi connectivity index (χ1) is 13.6. The largest absolute Gasteiger partial charge is 0.348 e. The Bertz CT molecular complexity index is 959. The summed E-state index contributed by atoms with van der Waals surface area (Å²) in [4.78, 5) is 31.0. The molecule has 1 aromatic heterocycles. The molecule has 5 nitrogen and oxygen atoms in total. The van der Waals surface area contributed by atoms with Gasteiger partial charge in [0, 0.05) is 31.2 Å². The maximum absolute atomic E-state index is 13.0. The van der Waals surface area contributed by atoms with Gasteiger partial charge in [-0.3, -0.25) is 14.6 Å². The zero-order chi connectivity index (χ0) is 19.9. The zero-order valence-electron chi connectivity index (χ0n) is 15.4. The third kappa shape index (κ3) is 4.59. The molecule has 0 atom stereocenters. The molecule has 1 N–H and O–H groups in total. The Morgan fingerprint density at radius 3 is 2.36 bits per heavy atom. The number of halogens is 1. The normalized spacial score (nSPS) is 10.4. The summed E-state index contributed by atoms with van der Waals surface area (Å²) in [5.74, 6) is -0.909. The van der Waals surface area contributed by atoms with E-state index in [-0.39, 0.29) is 29.7 Å². The number of anilines is 1. The molecule has 2 amide bonds. The lowest BCUT2D eigenvalue weighted by atomic mass is 10.1. The first-order valence-corrected chi connectivity index (χ1v) is 8.93. The maximum atomic E-state index is 13.0. The van der Waals surface area contributed by atoms with Crippen LogP contribution in [0.15, 0.2) is 73.1 Å². The molecule has 0 aliphatic carbocycles. The van der Waals surface area contributed by atoms with Gasteiger partial charge in [0.15, 0.2) is 0 Å². The van der Waals surface area contributed by atoms with E-state index in [0.717, 1.165) is 11.3 Å². The SMILES string of the molecule is CCN(C(=O)c1cncc(C(=O)NCc2ccc(F)cc2)c1)c1ccccc1. The minimum atomic E-state index is -0.353. The quantitative estimate of drug-likeness (QED) is 0.710. The van der Waals surface area contributed by atoms with Crippen molar-refractivity contribution in [3.05, 3.63) is 95.6 Å². The predicted molar refractivity (Wildman–Crippen MR) is 106 cm³/mol. The highest BCUT2D eigenvalue weighted by atomic mass is 19.1. The summed E-state index contributed by atoms with van der Waals surface area (Å²) in [5, 5.41) is 2.75. The van der Waals surface area contributed by atoms with Crippen molar-refractivity contribution < 1.29 is 14.0 Å². The Hall–Kier alpha value is -3.54. The first-order valence-electron chi connectivity index (χ1n) is 8.93. The molecule has 0 bridgehead atoms. The van der Waals surface area contributed by atoms with Crippen molar-refractivity contribution in [3.8, 4) is 0 Å². The van der Waals surface area contributed by atoms with E-state index in [9.17, 15) is 14.0 Å². The maximum Gasteiger partial charge on any atom is 0.259 e. The van der Waals surface area contributed by atoms with Crippen LogP contribution in [0.2, 0.25) is 0 Å². The number of nitrogens with zero attached hydrogens (tertiary/aromatic N) is 2. The summed E-state index contributed by atoms with van der Waals surface area (Å²) in [7, 11) is 0. The third-order valence-electron chi connectivity index (χ3n) is 4.24. The van der Waals surface area contributed by atoms with Gasteiger partial charge in [0.25, 0.3) is 11.8 Å². The van der Waals surface area contributed by atoms with Crippen molar-refractivity contribution in [1.82, 2.24) is 10.3 Å². The molecule has 1 heterocycles. The molecule has 28 heavy (non-hydrogen) atoms. The van der Waals surface area contributed by atoms with Crippen LogP contribution in [0.3, 0.4) is 0 Å². The number of pyridine rings is 1. The lowest BCUT2D eigenvalue weighted by molar-refractivity contribution is 0.0950. The minimum absolute atomic E-state index is 0.227. The van der Waals surface area contributed by atoms with Gasteiger partial charge in [0.2, 0.25) is 0 Å². The van der Waals surface area contributed by atoms with E-state index in [4.69, 9.17) is 0 Å².